The molecule has 1 heterocycles. The maximum absolute atomic E-state index is 10.7. The zero-order valence-electron chi connectivity index (χ0n) is 5.07. The first kappa shape index (κ1) is 6.29. The first-order valence-corrected chi connectivity index (χ1v) is 2.76. The zero-order chi connectivity index (χ0) is 6.85. The molecular weight excluding hydrogens is 120 g/mol. The molecule has 2 atom stereocenters. The summed E-state index contributed by atoms with van der Waals surface area (Å²) in [7, 11) is 0. The van der Waals surface area contributed by atoms with Gasteiger partial charge in [0.1, 0.15) is 0 Å². The summed E-state index contributed by atoms with van der Waals surface area (Å²) in [6, 6.07) is 0. The van der Waals surface area contributed by atoms with E-state index in [2.05, 4.69) is 4.74 Å². The summed E-state index contributed by atoms with van der Waals surface area (Å²) in [5.74, 6) is -0.494. The van der Waals surface area contributed by atoms with Gasteiger partial charge in [-0.15, -0.1) is 0 Å². The molecule has 0 saturated heterocycles. The van der Waals surface area contributed by atoms with Crippen LogP contribution >= 0.6 is 0 Å². The quantitative estimate of drug-likeness (QED) is 0.501. The van der Waals surface area contributed by atoms with E-state index in [0.29, 0.717) is 0 Å². The van der Waals surface area contributed by atoms with E-state index in [9.17, 15) is 4.79 Å². The molecule has 0 aliphatic carbocycles. The van der Waals surface area contributed by atoms with Crippen molar-refractivity contribution in [3.05, 3.63) is 12.3 Å². The van der Waals surface area contributed by atoms with E-state index in [-0.39, 0.29) is 11.7 Å². The molecule has 3 nitrogen and oxygen atoms in total. The topological polar surface area (TPSA) is 46.5 Å². The van der Waals surface area contributed by atoms with Crippen LogP contribution in [0.4, 0.5) is 0 Å². The Balaban J connectivity index is 2.69. The van der Waals surface area contributed by atoms with Crippen molar-refractivity contribution in [1.82, 2.24) is 0 Å². The van der Waals surface area contributed by atoms with Gasteiger partial charge < -0.3 is 9.84 Å². The van der Waals surface area contributed by atoms with E-state index in [4.69, 9.17) is 5.11 Å². The summed E-state index contributed by atoms with van der Waals surface area (Å²) in [5, 5.41) is 8.73. The summed E-state index contributed by atoms with van der Waals surface area (Å²) in [6.45, 7) is 1.71. The molecular formula is C6H8O3. The zero-order valence-corrected chi connectivity index (χ0v) is 5.07. The lowest BCUT2D eigenvalue weighted by molar-refractivity contribution is -0.151. The highest BCUT2D eigenvalue weighted by molar-refractivity contribution is 5.85. The average Bonchev–Trinajstić information content (AvgIpc) is 1.83. The molecule has 0 amide bonds. The van der Waals surface area contributed by atoms with E-state index in [1.807, 2.05) is 0 Å². The van der Waals surface area contributed by atoms with Crippen LogP contribution in [0.15, 0.2) is 12.3 Å². The van der Waals surface area contributed by atoms with Crippen LogP contribution in [-0.4, -0.2) is 17.2 Å². The number of aliphatic hydroxyl groups excluding tert-OH is 1. The standard InChI is InChI=1S/C6H8O3/c1-4-2-3-9-6(8)5(4)7/h2-4,6,8H,1H3. The van der Waals surface area contributed by atoms with E-state index in [0.717, 1.165) is 0 Å². The molecule has 0 aromatic rings. The van der Waals surface area contributed by atoms with E-state index in [1.54, 1.807) is 13.0 Å². The van der Waals surface area contributed by atoms with Gasteiger partial charge in [0.15, 0.2) is 0 Å². The lowest BCUT2D eigenvalue weighted by Gasteiger charge is -2.16. The van der Waals surface area contributed by atoms with Crippen molar-refractivity contribution in [3.8, 4) is 0 Å². The Hall–Kier alpha value is -0.830. The van der Waals surface area contributed by atoms with Gasteiger partial charge in [-0.3, -0.25) is 4.79 Å². The minimum atomic E-state index is -1.25. The fraction of sp³-hybridized carbons (Fsp3) is 0.500. The molecule has 1 rings (SSSR count). The molecule has 0 aromatic carbocycles. The molecule has 9 heavy (non-hydrogen) atoms. The van der Waals surface area contributed by atoms with Crippen LogP contribution in [0.25, 0.3) is 0 Å². The third-order valence-electron chi connectivity index (χ3n) is 1.27. The highest BCUT2D eigenvalue weighted by atomic mass is 16.6. The van der Waals surface area contributed by atoms with Crippen LogP contribution in [0.1, 0.15) is 6.92 Å². The first-order valence-electron chi connectivity index (χ1n) is 2.76. The minimum Gasteiger partial charge on any atom is -0.465 e. The number of carbonyl (C=O) groups is 1. The fourth-order valence-corrected chi connectivity index (χ4v) is 0.624. The molecule has 0 bridgehead atoms. The molecule has 0 radical (unpaired) electrons. The predicted molar refractivity (Wildman–Crippen MR) is 30.4 cm³/mol. The molecule has 2 unspecified atom stereocenters. The van der Waals surface area contributed by atoms with E-state index < -0.39 is 6.29 Å². The molecule has 1 aliphatic rings. The predicted octanol–water partition coefficient (Wildman–Crippen LogP) is 0.0539. The lowest BCUT2D eigenvalue weighted by atomic mass is 10.1. The third kappa shape index (κ3) is 1.10. The SMILES string of the molecule is CC1C=COC(O)C1=O. The van der Waals surface area contributed by atoms with E-state index in [1.165, 1.54) is 6.26 Å². The molecule has 0 aromatic heterocycles. The summed E-state index contributed by atoms with van der Waals surface area (Å²) >= 11 is 0. The molecule has 0 spiro atoms. The van der Waals surface area contributed by atoms with Crippen molar-refractivity contribution < 1.29 is 14.6 Å². The van der Waals surface area contributed by atoms with Gasteiger partial charge in [0, 0.05) is 5.92 Å². The van der Waals surface area contributed by atoms with Gasteiger partial charge in [0.05, 0.1) is 6.26 Å². The van der Waals surface area contributed by atoms with Gasteiger partial charge >= 0.3 is 0 Å². The van der Waals surface area contributed by atoms with Crippen LogP contribution < -0.4 is 0 Å². The Morgan fingerprint density at radius 2 is 2.44 bits per heavy atom. The molecule has 1 N–H and O–H groups in total. The van der Waals surface area contributed by atoms with Crippen LogP contribution in [0.2, 0.25) is 0 Å². The lowest BCUT2D eigenvalue weighted by Crippen LogP contribution is -2.29. The minimum absolute atomic E-state index is 0.214. The summed E-state index contributed by atoms with van der Waals surface area (Å²) in [4.78, 5) is 10.7. The second-order valence-electron chi connectivity index (χ2n) is 2.01. The van der Waals surface area contributed by atoms with Crippen molar-refractivity contribution in [2.45, 2.75) is 13.2 Å². The smallest absolute Gasteiger partial charge is 0.257 e. The number of allylic oxidation sites excluding steroid dienone is 1. The van der Waals surface area contributed by atoms with Crippen LogP contribution in [0, 0.1) is 5.92 Å². The van der Waals surface area contributed by atoms with Crippen LogP contribution in [0.3, 0.4) is 0 Å². The number of rotatable bonds is 0. The Bertz CT molecular complexity index is 150. The normalized spacial score (nSPS) is 34.2. The van der Waals surface area contributed by atoms with Gasteiger partial charge in [-0.25, -0.2) is 0 Å². The van der Waals surface area contributed by atoms with Crippen LogP contribution in [-0.2, 0) is 9.53 Å². The largest absolute Gasteiger partial charge is 0.465 e. The van der Waals surface area contributed by atoms with E-state index >= 15 is 0 Å². The van der Waals surface area contributed by atoms with Gasteiger partial charge in [-0.2, -0.15) is 0 Å². The van der Waals surface area contributed by atoms with Crippen molar-refractivity contribution in [1.29, 1.82) is 0 Å². The van der Waals surface area contributed by atoms with Crippen molar-refractivity contribution >= 4 is 5.78 Å². The van der Waals surface area contributed by atoms with Gasteiger partial charge in [-0.05, 0) is 6.08 Å². The van der Waals surface area contributed by atoms with Crippen molar-refractivity contribution in [2.75, 3.05) is 0 Å². The fourth-order valence-electron chi connectivity index (χ4n) is 0.624. The molecule has 0 saturated carbocycles. The van der Waals surface area contributed by atoms with Crippen molar-refractivity contribution in [3.63, 3.8) is 0 Å². The average molecular weight is 128 g/mol. The highest BCUT2D eigenvalue weighted by Crippen LogP contribution is 2.09. The van der Waals surface area contributed by atoms with Gasteiger partial charge in [0.2, 0.25) is 5.78 Å². The second kappa shape index (κ2) is 2.19. The maximum atomic E-state index is 10.7. The highest BCUT2D eigenvalue weighted by Gasteiger charge is 2.23. The molecule has 1 aliphatic heterocycles. The number of carbonyl (C=O) groups excluding carboxylic acids is 1. The molecule has 50 valence electrons. The second-order valence-corrected chi connectivity index (χ2v) is 2.01. The Morgan fingerprint density at radius 1 is 1.78 bits per heavy atom. The number of hydrogen-bond acceptors (Lipinski definition) is 3. The number of ketones is 1. The monoisotopic (exact) mass is 128 g/mol. The summed E-state index contributed by atoms with van der Waals surface area (Å²) < 4.78 is 4.49. The Kier molecular flexibility index (Phi) is 1.53. The van der Waals surface area contributed by atoms with Crippen molar-refractivity contribution in [2.24, 2.45) is 5.92 Å². The number of aliphatic hydroxyl groups is 1. The number of hydrogen-bond donors (Lipinski definition) is 1. The summed E-state index contributed by atoms with van der Waals surface area (Å²) in [5.41, 5.74) is 0. The van der Waals surface area contributed by atoms with Crippen LogP contribution in [0.5, 0.6) is 0 Å². The number of Topliss-reactive ketones (excluding diaryl/α,β-unsaturated/α-hetero) is 1. The maximum Gasteiger partial charge on any atom is 0.257 e. The molecule has 0 fully saturated rings. The Labute approximate surface area is 52.9 Å². The number of ether oxygens (including phenoxy) is 1. The third-order valence-corrected chi connectivity index (χ3v) is 1.27. The summed E-state index contributed by atoms with van der Waals surface area (Å²) in [6.07, 6.45) is 1.70. The first-order chi connectivity index (χ1) is 4.22. The molecule has 3 heteroatoms. The van der Waals surface area contributed by atoms with Gasteiger partial charge in [-0.1, -0.05) is 6.92 Å². The Morgan fingerprint density at radius 3 is 2.89 bits per heavy atom. The van der Waals surface area contributed by atoms with Gasteiger partial charge in [0.25, 0.3) is 6.29 Å².